The van der Waals surface area contributed by atoms with Gasteiger partial charge in [0.15, 0.2) is 0 Å². The molecule has 144 valence electrons. The molecule has 0 radical (unpaired) electrons. The van der Waals surface area contributed by atoms with Crippen LogP contribution in [0.25, 0.3) is 0 Å². The molecule has 7 nitrogen and oxygen atoms in total. The van der Waals surface area contributed by atoms with E-state index >= 15 is 0 Å². The molecule has 1 saturated heterocycles. The molecule has 1 aromatic heterocycles. The predicted octanol–water partition coefficient (Wildman–Crippen LogP) is 2.74. The average Bonchev–Trinajstić information content (AvgIpc) is 2.69. The summed E-state index contributed by atoms with van der Waals surface area (Å²) in [6.45, 7) is 5.18. The van der Waals surface area contributed by atoms with Crippen LogP contribution in [0.1, 0.15) is 10.5 Å². The number of amides is 1. The molecule has 0 aliphatic carbocycles. The number of hydrogen-bond acceptors (Lipinski definition) is 6. The molecule has 1 aromatic carbocycles. The normalized spacial score (nSPS) is 14.6. The van der Waals surface area contributed by atoms with Gasteiger partial charge in [-0.1, -0.05) is 11.6 Å². The van der Waals surface area contributed by atoms with Gasteiger partial charge in [0.2, 0.25) is 0 Å². The van der Waals surface area contributed by atoms with Crippen molar-refractivity contribution in [3.05, 3.63) is 47.2 Å². The second-order valence-corrected chi connectivity index (χ2v) is 6.55. The second kappa shape index (κ2) is 9.55. The van der Waals surface area contributed by atoms with Crippen LogP contribution in [0.5, 0.6) is 5.75 Å². The summed E-state index contributed by atoms with van der Waals surface area (Å²) in [7, 11) is 1.54. The minimum atomic E-state index is -0.326. The van der Waals surface area contributed by atoms with Crippen molar-refractivity contribution >= 4 is 28.9 Å². The first-order chi connectivity index (χ1) is 13.2. The van der Waals surface area contributed by atoms with Gasteiger partial charge in [-0.25, -0.2) is 0 Å². The molecule has 1 aliphatic heterocycles. The van der Waals surface area contributed by atoms with Gasteiger partial charge in [-0.3, -0.25) is 14.7 Å². The largest absolute Gasteiger partial charge is 0.495 e. The van der Waals surface area contributed by atoms with Crippen LogP contribution in [0.3, 0.4) is 0 Å². The van der Waals surface area contributed by atoms with Crippen molar-refractivity contribution in [1.29, 1.82) is 0 Å². The molecule has 2 aromatic rings. The SMILES string of the molecule is COc1ccc(Cl)cc1NC(=O)c1cc(NCCN2CCOCC2)ccn1. The number of methoxy groups -OCH3 is 1. The highest BCUT2D eigenvalue weighted by atomic mass is 35.5. The van der Waals surface area contributed by atoms with E-state index in [0.29, 0.717) is 22.2 Å². The van der Waals surface area contributed by atoms with E-state index in [2.05, 4.69) is 20.5 Å². The molecule has 1 amide bonds. The highest BCUT2D eigenvalue weighted by Gasteiger charge is 2.13. The number of pyridine rings is 1. The average molecular weight is 391 g/mol. The Morgan fingerprint density at radius 1 is 1.30 bits per heavy atom. The monoisotopic (exact) mass is 390 g/mol. The van der Waals surface area contributed by atoms with E-state index in [1.54, 1.807) is 30.5 Å². The van der Waals surface area contributed by atoms with E-state index in [0.717, 1.165) is 45.1 Å². The lowest BCUT2D eigenvalue weighted by atomic mass is 10.2. The summed E-state index contributed by atoms with van der Waals surface area (Å²) >= 11 is 6.01. The molecule has 0 spiro atoms. The summed E-state index contributed by atoms with van der Waals surface area (Å²) in [5.74, 6) is 0.208. The second-order valence-electron chi connectivity index (χ2n) is 6.11. The lowest BCUT2D eigenvalue weighted by Gasteiger charge is -2.26. The van der Waals surface area contributed by atoms with Crippen molar-refractivity contribution in [2.75, 3.05) is 57.1 Å². The van der Waals surface area contributed by atoms with E-state index < -0.39 is 0 Å². The van der Waals surface area contributed by atoms with E-state index in [1.165, 1.54) is 7.11 Å². The van der Waals surface area contributed by atoms with Crippen LogP contribution in [0.2, 0.25) is 5.02 Å². The van der Waals surface area contributed by atoms with Crippen LogP contribution in [-0.2, 0) is 4.74 Å². The molecule has 3 rings (SSSR count). The van der Waals surface area contributed by atoms with Crippen LogP contribution in [0, 0.1) is 0 Å². The quantitative estimate of drug-likeness (QED) is 0.757. The number of carbonyl (C=O) groups excluding carboxylic acids is 1. The zero-order valence-corrected chi connectivity index (χ0v) is 16.0. The first-order valence-electron chi connectivity index (χ1n) is 8.80. The Morgan fingerprint density at radius 2 is 2.11 bits per heavy atom. The zero-order chi connectivity index (χ0) is 19.1. The molecule has 0 unspecified atom stereocenters. The third kappa shape index (κ3) is 5.56. The summed E-state index contributed by atoms with van der Waals surface area (Å²) in [4.78, 5) is 19.0. The van der Waals surface area contributed by atoms with Gasteiger partial charge in [0.25, 0.3) is 5.91 Å². The Labute approximate surface area is 163 Å². The number of carbonyl (C=O) groups is 1. The lowest BCUT2D eigenvalue weighted by Crippen LogP contribution is -2.39. The van der Waals surface area contributed by atoms with Gasteiger partial charge in [0.05, 0.1) is 26.0 Å². The van der Waals surface area contributed by atoms with Gasteiger partial charge < -0.3 is 20.1 Å². The number of rotatable bonds is 7. The summed E-state index contributed by atoms with van der Waals surface area (Å²) in [6.07, 6.45) is 1.61. The van der Waals surface area contributed by atoms with Crippen LogP contribution in [0.15, 0.2) is 36.5 Å². The number of ether oxygens (including phenoxy) is 2. The third-order valence-electron chi connectivity index (χ3n) is 4.26. The van der Waals surface area contributed by atoms with E-state index in [-0.39, 0.29) is 5.91 Å². The van der Waals surface area contributed by atoms with Gasteiger partial charge in [-0.05, 0) is 30.3 Å². The molecular formula is C19H23ClN4O3. The predicted molar refractivity (Wildman–Crippen MR) is 106 cm³/mol. The van der Waals surface area contributed by atoms with Crippen molar-refractivity contribution < 1.29 is 14.3 Å². The van der Waals surface area contributed by atoms with Gasteiger partial charge in [-0.2, -0.15) is 0 Å². The van der Waals surface area contributed by atoms with E-state index in [1.807, 2.05) is 6.07 Å². The number of nitrogens with zero attached hydrogens (tertiary/aromatic N) is 2. The van der Waals surface area contributed by atoms with Crippen LogP contribution >= 0.6 is 11.6 Å². The summed E-state index contributed by atoms with van der Waals surface area (Å²) in [5.41, 5.74) is 1.66. The van der Waals surface area contributed by atoms with Gasteiger partial charge in [-0.15, -0.1) is 0 Å². The Kier molecular flexibility index (Phi) is 6.86. The van der Waals surface area contributed by atoms with Gasteiger partial charge in [0.1, 0.15) is 11.4 Å². The summed E-state index contributed by atoms with van der Waals surface area (Å²) < 4.78 is 10.6. The van der Waals surface area contributed by atoms with Gasteiger partial charge in [0, 0.05) is 43.1 Å². The lowest BCUT2D eigenvalue weighted by molar-refractivity contribution is 0.0398. The number of nitrogens with one attached hydrogen (secondary N) is 2. The maximum absolute atomic E-state index is 12.5. The molecule has 2 N–H and O–H groups in total. The first kappa shape index (κ1) is 19.4. The van der Waals surface area contributed by atoms with Crippen molar-refractivity contribution in [2.45, 2.75) is 0 Å². The molecule has 2 heterocycles. The molecule has 0 bridgehead atoms. The zero-order valence-electron chi connectivity index (χ0n) is 15.2. The minimum Gasteiger partial charge on any atom is -0.495 e. The number of hydrogen-bond donors (Lipinski definition) is 2. The number of aromatic nitrogens is 1. The van der Waals surface area contributed by atoms with Gasteiger partial charge >= 0.3 is 0 Å². The number of benzene rings is 1. The topological polar surface area (TPSA) is 75.7 Å². The fraction of sp³-hybridized carbons (Fsp3) is 0.368. The van der Waals surface area contributed by atoms with E-state index in [9.17, 15) is 4.79 Å². The van der Waals surface area contributed by atoms with Crippen molar-refractivity contribution in [2.24, 2.45) is 0 Å². The number of morpholine rings is 1. The Morgan fingerprint density at radius 3 is 2.89 bits per heavy atom. The molecule has 8 heteroatoms. The van der Waals surface area contributed by atoms with Crippen LogP contribution in [0.4, 0.5) is 11.4 Å². The number of halogens is 1. The fourth-order valence-electron chi connectivity index (χ4n) is 2.81. The maximum Gasteiger partial charge on any atom is 0.274 e. The molecule has 0 atom stereocenters. The van der Waals surface area contributed by atoms with Crippen molar-refractivity contribution in [1.82, 2.24) is 9.88 Å². The number of anilines is 2. The van der Waals surface area contributed by atoms with Crippen LogP contribution < -0.4 is 15.4 Å². The molecule has 27 heavy (non-hydrogen) atoms. The highest BCUT2D eigenvalue weighted by Crippen LogP contribution is 2.28. The molecule has 1 aliphatic rings. The fourth-order valence-corrected chi connectivity index (χ4v) is 2.98. The third-order valence-corrected chi connectivity index (χ3v) is 4.50. The minimum absolute atomic E-state index is 0.313. The van der Waals surface area contributed by atoms with Crippen molar-refractivity contribution in [3.63, 3.8) is 0 Å². The molecule has 0 saturated carbocycles. The maximum atomic E-state index is 12.5. The summed E-state index contributed by atoms with van der Waals surface area (Å²) in [5, 5.41) is 6.64. The standard InChI is InChI=1S/C19H23ClN4O3/c1-26-18-3-2-14(20)12-16(18)23-19(25)17-13-15(4-5-22-17)21-6-7-24-8-10-27-11-9-24/h2-5,12-13H,6-11H2,1H3,(H,21,22)(H,23,25). The van der Waals surface area contributed by atoms with Crippen molar-refractivity contribution in [3.8, 4) is 5.75 Å². The Hall–Kier alpha value is -2.35. The smallest absolute Gasteiger partial charge is 0.274 e. The summed E-state index contributed by atoms with van der Waals surface area (Å²) in [6, 6.07) is 8.62. The Balaban J connectivity index is 1.59. The first-order valence-corrected chi connectivity index (χ1v) is 9.18. The van der Waals surface area contributed by atoms with Crippen LogP contribution in [-0.4, -0.2) is 62.3 Å². The molecular weight excluding hydrogens is 368 g/mol. The Bertz CT molecular complexity index is 781. The molecule has 1 fully saturated rings. The van der Waals surface area contributed by atoms with E-state index in [4.69, 9.17) is 21.1 Å². The highest BCUT2D eigenvalue weighted by molar-refractivity contribution is 6.31.